The molecule has 3 aromatic carbocycles. The molecule has 5 aromatic rings. The van der Waals surface area contributed by atoms with Crippen molar-refractivity contribution >= 4 is 66.2 Å². The molecule has 0 saturated carbocycles. The van der Waals surface area contributed by atoms with Crippen molar-refractivity contribution in [3.05, 3.63) is 70.6 Å². The van der Waals surface area contributed by atoms with Gasteiger partial charge in [-0.1, -0.05) is 68.5 Å². The second kappa shape index (κ2) is 6.89. The zero-order valence-corrected chi connectivity index (χ0v) is 18.0. The van der Waals surface area contributed by atoms with E-state index in [1.165, 1.54) is 64.2 Å². The van der Waals surface area contributed by atoms with E-state index in [2.05, 4.69) is 80.9 Å². The number of nitrogens with one attached hydrogen (secondary N) is 1. The van der Waals surface area contributed by atoms with Crippen LogP contribution in [0.2, 0.25) is 0 Å². The Kier molecular flexibility index (Phi) is 4.33. The Hall–Kier alpha value is -2.84. The van der Waals surface area contributed by atoms with Crippen LogP contribution in [0.5, 0.6) is 0 Å². The Balaban J connectivity index is 1.86. The molecule has 1 nitrogen and oxygen atoms in total. The van der Waals surface area contributed by atoms with Crippen LogP contribution < -0.4 is 0 Å². The summed E-state index contributed by atoms with van der Waals surface area (Å²) in [5.41, 5.74) is 6.54. The normalized spacial score (nSPS) is 12.6. The molecule has 1 N–H and O–H groups in total. The molecule has 0 amide bonds. The molecule has 0 saturated heterocycles. The molecular formula is C27H25NS. The minimum absolute atomic E-state index is 1.06. The summed E-state index contributed by atoms with van der Waals surface area (Å²) in [7, 11) is 0. The maximum absolute atomic E-state index is 4.07. The first-order valence-electron chi connectivity index (χ1n) is 10.4. The summed E-state index contributed by atoms with van der Waals surface area (Å²) < 4.78 is 1.35. The van der Waals surface area contributed by atoms with Crippen LogP contribution in [0.15, 0.2) is 54.6 Å². The number of hydrogen-bond acceptors (Lipinski definition) is 1. The highest BCUT2D eigenvalue weighted by atomic mass is 32.1. The number of allylic oxidation sites excluding steroid dienone is 1. The molecule has 0 aliphatic heterocycles. The lowest BCUT2D eigenvalue weighted by atomic mass is 10.0. The molecule has 2 heterocycles. The molecule has 0 spiro atoms. The molecule has 2 aromatic heterocycles. The van der Waals surface area contributed by atoms with Crippen LogP contribution in [0, 0.1) is 0 Å². The number of hydrogen-bond donors (Lipinski definition) is 1. The molecule has 0 bridgehead atoms. The highest BCUT2D eigenvalue weighted by Crippen LogP contribution is 2.41. The van der Waals surface area contributed by atoms with Gasteiger partial charge in [-0.3, -0.25) is 0 Å². The standard InChI is InChI=1S/C27H25NS/c1-5-16(4)14-23-21-12-9-18-20(27(21)29-25(23)7-3)11-10-19-22-15-17(6-2)8-13-24(22)28-26(18)19/h7-15,28H,3,5-6H2,1-2,4H3/b16-14+. The molecule has 144 valence electrons. The number of fused-ring (bicyclic) bond motifs is 7. The van der Waals surface area contributed by atoms with E-state index in [4.69, 9.17) is 0 Å². The van der Waals surface area contributed by atoms with Crippen LogP contribution in [0.3, 0.4) is 0 Å². The maximum atomic E-state index is 4.07. The molecule has 0 aliphatic carbocycles. The molecule has 0 fully saturated rings. The van der Waals surface area contributed by atoms with Gasteiger partial charge >= 0.3 is 0 Å². The number of rotatable bonds is 4. The smallest absolute Gasteiger partial charge is 0.0545 e. The monoisotopic (exact) mass is 395 g/mol. The fraction of sp³-hybridized carbons (Fsp3) is 0.185. The second-order valence-electron chi connectivity index (χ2n) is 7.81. The Morgan fingerprint density at radius 3 is 2.41 bits per heavy atom. The number of benzene rings is 3. The van der Waals surface area contributed by atoms with Crippen LogP contribution >= 0.6 is 11.3 Å². The fourth-order valence-electron chi connectivity index (χ4n) is 4.28. The molecule has 0 radical (unpaired) electrons. The number of aromatic amines is 1. The fourth-order valence-corrected chi connectivity index (χ4v) is 5.44. The minimum Gasteiger partial charge on any atom is -0.354 e. The lowest BCUT2D eigenvalue weighted by Crippen LogP contribution is -1.79. The van der Waals surface area contributed by atoms with Gasteiger partial charge in [-0.15, -0.1) is 11.3 Å². The van der Waals surface area contributed by atoms with Crippen LogP contribution in [-0.4, -0.2) is 4.98 Å². The first-order valence-corrected chi connectivity index (χ1v) is 11.2. The lowest BCUT2D eigenvalue weighted by molar-refractivity contribution is 1.11. The van der Waals surface area contributed by atoms with Crippen LogP contribution in [-0.2, 0) is 6.42 Å². The lowest BCUT2D eigenvalue weighted by Gasteiger charge is -2.03. The van der Waals surface area contributed by atoms with Crippen molar-refractivity contribution in [2.45, 2.75) is 33.6 Å². The number of aryl methyl sites for hydroxylation is 1. The number of aromatic nitrogens is 1. The third kappa shape index (κ3) is 2.74. The van der Waals surface area contributed by atoms with Crippen LogP contribution in [0.4, 0.5) is 0 Å². The quantitative estimate of drug-likeness (QED) is 0.313. The predicted octanol–water partition coefficient (Wildman–Crippen LogP) is 8.71. The molecule has 2 heteroatoms. The molecular weight excluding hydrogens is 370 g/mol. The van der Waals surface area contributed by atoms with Gasteiger partial charge in [0.25, 0.3) is 0 Å². The highest BCUT2D eigenvalue weighted by molar-refractivity contribution is 7.21. The summed E-state index contributed by atoms with van der Waals surface area (Å²) in [6.45, 7) is 10.7. The summed E-state index contributed by atoms with van der Waals surface area (Å²) in [6.07, 6.45) is 6.45. The number of thiophene rings is 1. The third-order valence-electron chi connectivity index (χ3n) is 6.09. The van der Waals surface area contributed by atoms with Gasteiger partial charge in [-0.25, -0.2) is 0 Å². The summed E-state index contributed by atoms with van der Waals surface area (Å²) >= 11 is 1.85. The van der Waals surface area contributed by atoms with Gasteiger partial charge in [0.05, 0.1) is 5.52 Å². The Labute approximate surface area is 175 Å². The summed E-state index contributed by atoms with van der Waals surface area (Å²) in [6, 6.07) is 15.9. The van der Waals surface area contributed by atoms with Crippen molar-refractivity contribution in [3.63, 3.8) is 0 Å². The van der Waals surface area contributed by atoms with E-state index in [-0.39, 0.29) is 0 Å². The molecule has 0 atom stereocenters. The number of H-pyrrole nitrogens is 1. The third-order valence-corrected chi connectivity index (χ3v) is 7.35. The van der Waals surface area contributed by atoms with Crippen LogP contribution in [0.1, 0.15) is 43.2 Å². The molecule has 0 aliphatic rings. The van der Waals surface area contributed by atoms with Gasteiger partial charge in [0.2, 0.25) is 0 Å². The zero-order chi connectivity index (χ0) is 20.1. The maximum Gasteiger partial charge on any atom is 0.0545 e. The molecule has 0 unspecified atom stereocenters. The van der Waals surface area contributed by atoms with Crippen molar-refractivity contribution in [1.82, 2.24) is 4.98 Å². The Morgan fingerprint density at radius 2 is 1.69 bits per heavy atom. The van der Waals surface area contributed by atoms with E-state index < -0.39 is 0 Å². The predicted molar refractivity (Wildman–Crippen MR) is 132 cm³/mol. The van der Waals surface area contributed by atoms with Gasteiger partial charge in [-0.05, 0) is 37.5 Å². The Morgan fingerprint density at radius 1 is 0.966 bits per heavy atom. The van der Waals surface area contributed by atoms with E-state index in [0.717, 1.165) is 12.8 Å². The molecule has 29 heavy (non-hydrogen) atoms. The van der Waals surface area contributed by atoms with Gasteiger partial charge in [0.15, 0.2) is 0 Å². The van der Waals surface area contributed by atoms with Crippen LogP contribution in [0.25, 0.3) is 54.8 Å². The summed E-state index contributed by atoms with van der Waals surface area (Å²) in [5.74, 6) is 0. The summed E-state index contributed by atoms with van der Waals surface area (Å²) in [5, 5.41) is 6.57. The topological polar surface area (TPSA) is 15.8 Å². The second-order valence-corrected chi connectivity index (χ2v) is 8.86. The summed E-state index contributed by atoms with van der Waals surface area (Å²) in [4.78, 5) is 4.94. The van der Waals surface area contributed by atoms with Gasteiger partial charge in [0.1, 0.15) is 0 Å². The first-order chi connectivity index (χ1) is 14.1. The SMILES string of the molecule is C=Cc1sc2c(ccc3c2ccc2c4cc(CC)ccc4[nH]c23)c1/C=C(\C)CC. The van der Waals surface area contributed by atoms with Crippen molar-refractivity contribution in [3.8, 4) is 0 Å². The van der Waals surface area contributed by atoms with E-state index in [1.807, 2.05) is 17.4 Å². The van der Waals surface area contributed by atoms with E-state index in [0.29, 0.717) is 0 Å². The van der Waals surface area contributed by atoms with Crippen molar-refractivity contribution in [2.24, 2.45) is 0 Å². The van der Waals surface area contributed by atoms with E-state index >= 15 is 0 Å². The van der Waals surface area contributed by atoms with Crippen molar-refractivity contribution in [2.75, 3.05) is 0 Å². The van der Waals surface area contributed by atoms with Gasteiger partial charge in [0, 0.05) is 47.6 Å². The zero-order valence-electron chi connectivity index (χ0n) is 17.2. The average molecular weight is 396 g/mol. The van der Waals surface area contributed by atoms with E-state index in [9.17, 15) is 0 Å². The van der Waals surface area contributed by atoms with Gasteiger partial charge < -0.3 is 4.98 Å². The van der Waals surface area contributed by atoms with E-state index in [1.54, 1.807) is 0 Å². The first kappa shape index (κ1) is 18.2. The Bertz CT molecular complexity index is 1440. The van der Waals surface area contributed by atoms with Gasteiger partial charge in [-0.2, -0.15) is 0 Å². The average Bonchev–Trinajstić information content (AvgIpc) is 3.31. The highest BCUT2D eigenvalue weighted by Gasteiger charge is 2.14. The largest absolute Gasteiger partial charge is 0.354 e. The molecule has 5 rings (SSSR count). The van der Waals surface area contributed by atoms with Crippen molar-refractivity contribution < 1.29 is 0 Å². The minimum atomic E-state index is 1.06. The van der Waals surface area contributed by atoms with Crippen molar-refractivity contribution in [1.29, 1.82) is 0 Å².